The van der Waals surface area contributed by atoms with Crippen molar-refractivity contribution in [3.05, 3.63) is 62.7 Å². The number of rotatable bonds is 4. The lowest BCUT2D eigenvalue weighted by Gasteiger charge is -2.11. The highest BCUT2D eigenvalue weighted by Crippen LogP contribution is 2.37. The summed E-state index contributed by atoms with van der Waals surface area (Å²) in [5.74, 6) is -0.228. The number of hydrogen-bond donors (Lipinski definition) is 0. The van der Waals surface area contributed by atoms with E-state index in [1.807, 2.05) is 0 Å². The summed E-state index contributed by atoms with van der Waals surface area (Å²) in [5.41, 5.74) is -1.91. The van der Waals surface area contributed by atoms with Gasteiger partial charge in [0.05, 0.1) is 21.6 Å². The van der Waals surface area contributed by atoms with Crippen LogP contribution in [-0.4, -0.2) is 10.2 Å². The Hall–Kier alpha value is -2.32. The van der Waals surface area contributed by atoms with Crippen molar-refractivity contribution < 1.29 is 27.6 Å². The average molecular weight is 380 g/mol. The van der Waals surface area contributed by atoms with Crippen LogP contribution in [0.4, 0.5) is 18.9 Å². The minimum Gasteiger partial charge on any atom is -0.456 e. The number of ether oxygens (including phenoxy) is 1. The molecule has 0 heterocycles. The van der Waals surface area contributed by atoms with E-state index in [9.17, 15) is 28.1 Å². The van der Waals surface area contributed by atoms with Crippen molar-refractivity contribution in [1.29, 1.82) is 0 Å². The van der Waals surface area contributed by atoms with Crippen molar-refractivity contribution >= 4 is 34.1 Å². The second-order valence-electron chi connectivity index (χ2n) is 4.45. The first-order valence-electron chi connectivity index (χ1n) is 6.12. The zero-order valence-electron chi connectivity index (χ0n) is 11.4. The number of halogens is 5. The summed E-state index contributed by atoms with van der Waals surface area (Å²) in [6, 6.07) is 5.60. The molecule has 0 aromatic heterocycles. The van der Waals surface area contributed by atoms with Gasteiger partial charge in [0.25, 0.3) is 10.9 Å². The maximum atomic E-state index is 12.6. The van der Waals surface area contributed by atoms with E-state index >= 15 is 0 Å². The first-order chi connectivity index (χ1) is 11.1. The molecule has 0 amide bonds. The van der Waals surface area contributed by atoms with E-state index in [-0.39, 0.29) is 22.1 Å². The van der Waals surface area contributed by atoms with E-state index in [4.69, 9.17) is 27.9 Å². The van der Waals surface area contributed by atoms with Crippen LogP contribution in [0.2, 0.25) is 5.02 Å². The third kappa shape index (κ3) is 3.95. The Bertz CT molecular complexity index is 824. The maximum Gasteiger partial charge on any atom is 0.416 e. The molecule has 0 saturated carbocycles. The van der Waals surface area contributed by atoms with Crippen molar-refractivity contribution in [2.24, 2.45) is 0 Å². The van der Waals surface area contributed by atoms with Gasteiger partial charge in [-0.05, 0) is 41.9 Å². The lowest BCUT2D eigenvalue weighted by molar-refractivity contribution is -0.385. The normalized spacial score (nSPS) is 11.2. The Morgan fingerprint density at radius 1 is 1.17 bits per heavy atom. The zero-order valence-corrected chi connectivity index (χ0v) is 12.9. The highest BCUT2D eigenvalue weighted by Gasteiger charge is 2.31. The van der Waals surface area contributed by atoms with Gasteiger partial charge in [0.2, 0.25) is 0 Å². The predicted molar refractivity (Wildman–Crippen MR) is 79.8 cm³/mol. The topological polar surface area (TPSA) is 69.4 Å². The molecular formula is C14H6Cl2F3NO4. The number of carbonyl (C=O) groups is 1. The minimum atomic E-state index is -4.57. The van der Waals surface area contributed by atoms with Crippen molar-refractivity contribution in [3.63, 3.8) is 0 Å². The van der Waals surface area contributed by atoms with Gasteiger partial charge in [-0.3, -0.25) is 14.9 Å². The van der Waals surface area contributed by atoms with Crippen LogP contribution in [0, 0.1) is 10.1 Å². The SMILES string of the molecule is O=C(Cl)c1ccc(Oc2ccc(C(F)(F)F)cc2Cl)cc1[N+](=O)[O-]. The van der Waals surface area contributed by atoms with Crippen LogP contribution >= 0.6 is 23.2 Å². The van der Waals surface area contributed by atoms with E-state index in [1.54, 1.807) is 0 Å². The first kappa shape index (κ1) is 18.0. The van der Waals surface area contributed by atoms with Crippen LogP contribution in [0.15, 0.2) is 36.4 Å². The molecule has 0 aliphatic rings. The minimum absolute atomic E-state index is 0.0926. The Morgan fingerprint density at radius 2 is 1.83 bits per heavy atom. The van der Waals surface area contributed by atoms with Crippen molar-refractivity contribution in [1.82, 2.24) is 0 Å². The van der Waals surface area contributed by atoms with Crippen LogP contribution in [0.3, 0.4) is 0 Å². The molecule has 0 saturated heterocycles. The molecule has 2 aromatic rings. The number of benzene rings is 2. The molecule has 0 bridgehead atoms. The second kappa shape index (κ2) is 6.66. The number of nitro benzene ring substituents is 1. The summed E-state index contributed by atoms with van der Waals surface area (Å²) >= 11 is 11.0. The summed E-state index contributed by atoms with van der Waals surface area (Å²) in [4.78, 5) is 21.2. The molecule has 5 nitrogen and oxygen atoms in total. The summed E-state index contributed by atoms with van der Waals surface area (Å²) < 4.78 is 43.0. The van der Waals surface area contributed by atoms with E-state index in [1.165, 1.54) is 6.07 Å². The van der Waals surface area contributed by atoms with E-state index in [0.29, 0.717) is 6.07 Å². The molecule has 0 radical (unpaired) electrons. The highest BCUT2D eigenvalue weighted by atomic mass is 35.5. The number of nitrogens with zero attached hydrogens (tertiary/aromatic N) is 1. The van der Waals surface area contributed by atoms with Gasteiger partial charge in [-0.15, -0.1) is 0 Å². The Balaban J connectivity index is 2.37. The average Bonchev–Trinajstić information content (AvgIpc) is 2.47. The van der Waals surface area contributed by atoms with Crippen LogP contribution in [0.5, 0.6) is 11.5 Å². The molecule has 126 valence electrons. The number of carbonyl (C=O) groups excluding carboxylic acids is 1. The first-order valence-corrected chi connectivity index (χ1v) is 6.88. The van der Waals surface area contributed by atoms with E-state index in [2.05, 4.69) is 0 Å². The molecule has 0 aliphatic carbocycles. The molecule has 0 spiro atoms. The quantitative estimate of drug-likeness (QED) is 0.403. The lowest BCUT2D eigenvalue weighted by Crippen LogP contribution is -2.04. The molecule has 24 heavy (non-hydrogen) atoms. The molecule has 2 aromatic carbocycles. The second-order valence-corrected chi connectivity index (χ2v) is 5.21. The van der Waals surface area contributed by atoms with Crippen LogP contribution < -0.4 is 4.74 Å². The van der Waals surface area contributed by atoms with Crippen molar-refractivity contribution in [2.45, 2.75) is 6.18 Å². The Morgan fingerprint density at radius 3 is 2.33 bits per heavy atom. The summed E-state index contributed by atoms with van der Waals surface area (Å²) in [7, 11) is 0. The van der Waals surface area contributed by atoms with E-state index in [0.717, 1.165) is 24.3 Å². The molecule has 0 aliphatic heterocycles. The van der Waals surface area contributed by atoms with E-state index < -0.39 is 27.6 Å². The Kier molecular flexibility index (Phi) is 5.00. The number of nitro groups is 1. The summed E-state index contributed by atoms with van der Waals surface area (Å²) in [6.07, 6.45) is -4.57. The van der Waals surface area contributed by atoms with Crippen LogP contribution in [0.1, 0.15) is 15.9 Å². The van der Waals surface area contributed by atoms with Crippen LogP contribution in [0.25, 0.3) is 0 Å². The largest absolute Gasteiger partial charge is 0.456 e. The summed E-state index contributed by atoms with van der Waals surface area (Å²) in [6.45, 7) is 0. The van der Waals surface area contributed by atoms with Gasteiger partial charge in [0, 0.05) is 0 Å². The molecule has 0 N–H and O–H groups in total. The third-order valence-corrected chi connectivity index (χ3v) is 3.36. The standard InChI is InChI=1S/C14H6Cl2F3NO4/c15-10-5-7(14(17,18)19)1-4-12(10)24-8-2-3-9(13(16)21)11(6-8)20(22)23/h1-6H. The van der Waals surface area contributed by atoms with Crippen molar-refractivity contribution in [3.8, 4) is 11.5 Å². The van der Waals surface area contributed by atoms with Gasteiger partial charge in [-0.25, -0.2) is 0 Å². The van der Waals surface area contributed by atoms with Gasteiger partial charge in [0.15, 0.2) is 0 Å². The van der Waals surface area contributed by atoms with Gasteiger partial charge in [0.1, 0.15) is 17.1 Å². The summed E-state index contributed by atoms with van der Waals surface area (Å²) in [5, 5.41) is 9.59. The number of hydrogen-bond acceptors (Lipinski definition) is 4. The predicted octanol–water partition coefficient (Wildman–Crippen LogP) is 5.44. The highest BCUT2D eigenvalue weighted by molar-refractivity contribution is 6.68. The van der Waals surface area contributed by atoms with Crippen LogP contribution in [-0.2, 0) is 6.18 Å². The lowest BCUT2D eigenvalue weighted by atomic mass is 10.2. The fraction of sp³-hybridized carbons (Fsp3) is 0.0714. The van der Waals surface area contributed by atoms with Gasteiger partial charge >= 0.3 is 6.18 Å². The number of alkyl halides is 3. The third-order valence-electron chi connectivity index (χ3n) is 2.86. The molecule has 2 rings (SSSR count). The molecular weight excluding hydrogens is 374 g/mol. The van der Waals surface area contributed by atoms with Crippen molar-refractivity contribution in [2.75, 3.05) is 0 Å². The maximum absolute atomic E-state index is 12.6. The van der Waals surface area contributed by atoms with Gasteiger partial charge in [-0.2, -0.15) is 13.2 Å². The fourth-order valence-electron chi connectivity index (χ4n) is 1.78. The molecule has 0 fully saturated rings. The monoisotopic (exact) mass is 379 g/mol. The zero-order chi connectivity index (χ0) is 18.1. The molecule has 0 unspecified atom stereocenters. The Labute approximate surface area is 142 Å². The van der Waals surface area contributed by atoms with Gasteiger partial charge in [-0.1, -0.05) is 11.6 Å². The fourth-order valence-corrected chi connectivity index (χ4v) is 2.16. The molecule has 0 atom stereocenters. The molecule has 10 heteroatoms. The van der Waals surface area contributed by atoms with Gasteiger partial charge < -0.3 is 4.74 Å². The smallest absolute Gasteiger partial charge is 0.416 e.